The molecule has 0 fully saturated rings. The van der Waals surface area contributed by atoms with Crippen LogP contribution in [0.2, 0.25) is 0 Å². The van der Waals surface area contributed by atoms with Crippen LogP contribution >= 0.6 is 0 Å². The molecule has 302 valence electrons. The highest BCUT2D eigenvalue weighted by Crippen LogP contribution is 2.64. The molecule has 2 unspecified atom stereocenters. The number of hydrogen-bond donors (Lipinski definition) is 3. The van der Waals surface area contributed by atoms with Crippen LogP contribution in [0.3, 0.4) is 0 Å². The molecule has 0 amide bonds. The number of carbonyl (C=O) groups excluding carboxylic acids is 1. The Morgan fingerprint density at radius 3 is 1.58 bits per heavy atom. The molecule has 8 nitrogen and oxygen atoms in total. The summed E-state index contributed by atoms with van der Waals surface area (Å²) in [6.45, 7) is 1.54. The molecule has 8 rings (SSSR count). The van der Waals surface area contributed by atoms with Crippen molar-refractivity contribution < 1.29 is 39.1 Å². The van der Waals surface area contributed by atoms with Gasteiger partial charge in [0.25, 0.3) is 0 Å². The molecule has 1 heterocycles. The van der Waals surface area contributed by atoms with Crippen LogP contribution in [-0.2, 0) is 57.9 Å². The minimum Gasteiger partial charge on any atom is -0.508 e. The van der Waals surface area contributed by atoms with E-state index in [0.717, 1.165) is 27.8 Å². The number of carbonyl (C=O) groups is 1. The zero-order valence-electron chi connectivity index (χ0n) is 33.2. The minimum absolute atomic E-state index is 0.0447. The fraction of sp³-hybridized carbons (Fsp3) is 0.173. The predicted octanol–water partition coefficient (Wildman–Crippen LogP) is 10.1. The molecule has 0 radical (unpaired) electrons. The highest BCUT2D eigenvalue weighted by atomic mass is 16.6. The monoisotopic (exact) mass is 798 g/mol. The van der Waals surface area contributed by atoms with Gasteiger partial charge in [-0.3, -0.25) is 4.79 Å². The first-order chi connectivity index (χ1) is 29.2. The van der Waals surface area contributed by atoms with Gasteiger partial charge in [-0.25, -0.2) is 0 Å². The summed E-state index contributed by atoms with van der Waals surface area (Å²) in [6, 6.07) is 56.3. The van der Waals surface area contributed by atoms with Crippen molar-refractivity contribution in [2.24, 2.45) is 0 Å². The van der Waals surface area contributed by atoms with Gasteiger partial charge in [0.15, 0.2) is 28.3 Å². The fourth-order valence-corrected chi connectivity index (χ4v) is 8.70. The molecular weight excluding hydrogens is 753 g/mol. The summed E-state index contributed by atoms with van der Waals surface area (Å²) in [5, 5.41) is 33.7. The van der Waals surface area contributed by atoms with E-state index in [1.807, 2.05) is 152 Å². The number of phenolic OH excluding ortho intramolecular Hbond substituents is 3. The van der Waals surface area contributed by atoms with E-state index < -0.39 is 22.8 Å². The summed E-state index contributed by atoms with van der Waals surface area (Å²) in [4.78, 5) is 14.2. The molecule has 1 aliphatic rings. The van der Waals surface area contributed by atoms with Crippen molar-refractivity contribution in [3.63, 3.8) is 0 Å². The Kier molecular flexibility index (Phi) is 11.3. The first-order valence-electron chi connectivity index (χ1n) is 20.0. The Balaban J connectivity index is 1.55. The third kappa shape index (κ3) is 7.77. The summed E-state index contributed by atoms with van der Waals surface area (Å²) < 4.78 is 29.1. The molecule has 7 aromatic carbocycles. The number of ether oxygens (including phenoxy) is 4. The number of esters is 1. The molecule has 0 aliphatic carbocycles. The van der Waals surface area contributed by atoms with Crippen molar-refractivity contribution in [2.45, 2.75) is 56.2 Å². The van der Waals surface area contributed by atoms with Crippen LogP contribution in [0.1, 0.15) is 45.9 Å². The Labute approximate surface area is 349 Å². The highest BCUT2D eigenvalue weighted by molar-refractivity contribution is 5.70. The predicted molar refractivity (Wildman–Crippen MR) is 229 cm³/mol. The Morgan fingerprint density at radius 1 is 0.550 bits per heavy atom. The Hall–Kier alpha value is -7.03. The number of aromatic hydroxyl groups is 3. The summed E-state index contributed by atoms with van der Waals surface area (Å²) in [6.07, 6.45) is 0.291. The molecule has 60 heavy (non-hydrogen) atoms. The minimum atomic E-state index is -1.81. The molecule has 0 saturated carbocycles. The first-order valence-corrected chi connectivity index (χ1v) is 20.0. The van der Waals surface area contributed by atoms with Gasteiger partial charge in [0.2, 0.25) is 0 Å². The number of hydrogen-bond acceptors (Lipinski definition) is 8. The van der Waals surface area contributed by atoms with E-state index in [9.17, 15) is 20.1 Å². The number of fused-ring (bicyclic) bond motifs is 1. The van der Waals surface area contributed by atoms with E-state index in [0.29, 0.717) is 11.1 Å². The van der Waals surface area contributed by atoms with E-state index in [2.05, 4.69) is 0 Å². The lowest BCUT2D eigenvalue weighted by atomic mass is 9.57. The number of rotatable bonds is 14. The molecule has 3 atom stereocenters. The molecule has 8 heteroatoms. The standard InChI is InChI=1S/C52H46O8/c1-37(53)59-51(33-39-19-9-3-10-20-39)49-47(57-35-41-23-13-5-14-24-41)30-44(54)31-48(49)60-50(32-38-17-7-2-8-18-38,43-27-28-45(55)46(56)29-43)52(51,34-40-21-11-4-12-22-40)58-36-42-25-15-6-16-26-42/h2-31,54-56H,32-36H2,1H3/t50?,51-,52?/m0/s1. The summed E-state index contributed by atoms with van der Waals surface area (Å²) in [5.74, 6) is -1.03. The SMILES string of the molecule is CC(=O)O[C@@]1(Cc2ccccc2)c2c(OCc3ccccc3)cc(O)cc2OC(Cc2ccccc2)(c2ccc(O)c(O)c2)C1(Cc1ccccc1)OCc1ccccc1. The van der Waals surface area contributed by atoms with E-state index >= 15 is 0 Å². The van der Waals surface area contributed by atoms with E-state index in [1.165, 1.54) is 31.2 Å². The second kappa shape index (κ2) is 17.1. The first kappa shape index (κ1) is 39.8. The molecule has 0 bridgehead atoms. The van der Waals surface area contributed by atoms with Crippen LogP contribution in [-0.4, -0.2) is 26.9 Å². The van der Waals surface area contributed by atoms with Crippen molar-refractivity contribution in [2.75, 3.05) is 0 Å². The Bertz CT molecular complexity index is 2530. The van der Waals surface area contributed by atoms with Crippen LogP contribution in [0.15, 0.2) is 182 Å². The largest absolute Gasteiger partial charge is 0.508 e. The van der Waals surface area contributed by atoms with Gasteiger partial charge in [-0.15, -0.1) is 0 Å². The third-order valence-electron chi connectivity index (χ3n) is 11.3. The topological polar surface area (TPSA) is 115 Å². The summed E-state index contributed by atoms with van der Waals surface area (Å²) in [5.41, 5.74) is -0.223. The molecule has 0 aromatic heterocycles. The molecule has 0 spiro atoms. The van der Waals surface area contributed by atoms with Gasteiger partial charge in [0, 0.05) is 43.9 Å². The zero-order chi connectivity index (χ0) is 41.6. The van der Waals surface area contributed by atoms with Crippen molar-refractivity contribution in [1.29, 1.82) is 0 Å². The maximum Gasteiger partial charge on any atom is 0.303 e. The normalized spacial score (nSPS) is 19.4. The van der Waals surface area contributed by atoms with Crippen molar-refractivity contribution in [1.82, 2.24) is 0 Å². The van der Waals surface area contributed by atoms with Crippen molar-refractivity contribution in [3.05, 3.63) is 221 Å². The molecule has 7 aromatic rings. The van der Waals surface area contributed by atoms with Gasteiger partial charge in [-0.1, -0.05) is 158 Å². The molecule has 0 saturated heterocycles. The number of phenols is 3. The van der Waals surface area contributed by atoms with Gasteiger partial charge in [0.05, 0.1) is 12.2 Å². The van der Waals surface area contributed by atoms with E-state index in [1.54, 1.807) is 6.07 Å². The fourth-order valence-electron chi connectivity index (χ4n) is 8.70. The van der Waals surface area contributed by atoms with Crippen LogP contribution in [0.25, 0.3) is 0 Å². The van der Waals surface area contributed by atoms with Crippen LogP contribution < -0.4 is 9.47 Å². The van der Waals surface area contributed by atoms with Gasteiger partial charge in [-0.05, 0) is 39.9 Å². The maximum absolute atomic E-state index is 14.2. The third-order valence-corrected chi connectivity index (χ3v) is 11.3. The smallest absolute Gasteiger partial charge is 0.303 e. The van der Waals surface area contributed by atoms with Gasteiger partial charge >= 0.3 is 5.97 Å². The highest BCUT2D eigenvalue weighted by Gasteiger charge is 2.73. The average Bonchev–Trinajstić information content (AvgIpc) is 3.26. The quantitative estimate of drug-likeness (QED) is 0.0736. The Morgan fingerprint density at radius 2 is 1.05 bits per heavy atom. The molecule has 3 N–H and O–H groups in total. The summed E-state index contributed by atoms with van der Waals surface area (Å²) in [7, 11) is 0. The van der Waals surface area contributed by atoms with Gasteiger partial charge in [-0.2, -0.15) is 0 Å². The van der Waals surface area contributed by atoms with Crippen molar-refractivity contribution in [3.8, 4) is 28.7 Å². The molecular formula is C52H46O8. The lowest BCUT2D eigenvalue weighted by Gasteiger charge is -2.62. The van der Waals surface area contributed by atoms with Gasteiger partial charge in [0.1, 0.15) is 23.9 Å². The lowest BCUT2D eigenvalue weighted by Crippen LogP contribution is -2.73. The molecule has 1 aliphatic heterocycles. The second-order valence-corrected chi connectivity index (χ2v) is 15.2. The zero-order valence-corrected chi connectivity index (χ0v) is 33.2. The van der Waals surface area contributed by atoms with Crippen LogP contribution in [0.4, 0.5) is 0 Å². The van der Waals surface area contributed by atoms with E-state index in [-0.39, 0.29) is 61.2 Å². The second-order valence-electron chi connectivity index (χ2n) is 15.2. The van der Waals surface area contributed by atoms with E-state index in [4.69, 9.17) is 18.9 Å². The van der Waals surface area contributed by atoms with Crippen LogP contribution in [0, 0.1) is 0 Å². The maximum atomic E-state index is 14.2. The van der Waals surface area contributed by atoms with Crippen molar-refractivity contribution >= 4 is 5.97 Å². The summed E-state index contributed by atoms with van der Waals surface area (Å²) >= 11 is 0. The average molecular weight is 799 g/mol. The van der Waals surface area contributed by atoms with Gasteiger partial charge < -0.3 is 34.3 Å². The lowest BCUT2D eigenvalue weighted by molar-refractivity contribution is -0.295. The van der Waals surface area contributed by atoms with Crippen LogP contribution in [0.5, 0.6) is 28.7 Å². The number of benzene rings is 7.